The van der Waals surface area contributed by atoms with Crippen molar-refractivity contribution < 1.29 is 0 Å². The zero-order chi connectivity index (χ0) is 15.4. The number of hydrogen-bond acceptors (Lipinski definition) is 4. The molecular formula is C17H21N3S2. The van der Waals surface area contributed by atoms with Crippen LogP contribution in [0.25, 0.3) is 10.6 Å². The van der Waals surface area contributed by atoms with Gasteiger partial charge in [-0.1, -0.05) is 19.1 Å². The molecule has 0 aliphatic heterocycles. The summed E-state index contributed by atoms with van der Waals surface area (Å²) in [6.45, 7) is 6.72. The van der Waals surface area contributed by atoms with Crippen molar-refractivity contribution in [2.75, 3.05) is 6.54 Å². The van der Waals surface area contributed by atoms with Crippen molar-refractivity contribution >= 4 is 28.4 Å². The van der Waals surface area contributed by atoms with Crippen molar-refractivity contribution in [2.24, 2.45) is 16.0 Å². The SMILES string of the molecule is C=CCN=c1scc(-c2cccs2)n1N=C1CCC(C)CC1. The van der Waals surface area contributed by atoms with Crippen LogP contribution >= 0.6 is 22.7 Å². The van der Waals surface area contributed by atoms with E-state index in [1.165, 1.54) is 23.4 Å². The first-order valence-corrected chi connectivity index (χ1v) is 9.46. The highest BCUT2D eigenvalue weighted by Crippen LogP contribution is 2.26. The van der Waals surface area contributed by atoms with Crippen molar-refractivity contribution in [3.8, 4) is 10.6 Å². The number of thiazole rings is 1. The van der Waals surface area contributed by atoms with Crippen LogP contribution in [0.5, 0.6) is 0 Å². The summed E-state index contributed by atoms with van der Waals surface area (Å²) >= 11 is 3.40. The van der Waals surface area contributed by atoms with E-state index in [4.69, 9.17) is 5.10 Å². The van der Waals surface area contributed by atoms with Crippen LogP contribution in [-0.2, 0) is 0 Å². The predicted octanol–water partition coefficient (Wildman–Crippen LogP) is 4.78. The zero-order valence-electron chi connectivity index (χ0n) is 12.9. The molecule has 3 rings (SSSR count). The van der Waals surface area contributed by atoms with Crippen molar-refractivity contribution in [3.05, 3.63) is 40.3 Å². The molecule has 1 aliphatic carbocycles. The zero-order valence-corrected chi connectivity index (χ0v) is 14.5. The van der Waals surface area contributed by atoms with Crippen LogP contribution in [0.3, 0.4) is 0 Å². The van der Waals surface area contributed by atoms with Crippen LogP contribution in [0.15, 0.2) is 45.6 Å². The Kier molecular flexibility index (Phi) is 5.05. The lowest BCUT2D eigenvalue weighted by Gasteiger charge is -2.19. The summed E-state index contributed by atoms with van der Waals surface area (Å²) in [7, 11) is 0. The second-order valence-corrected chi connectivity index (χ2v) is 7.45. The highest BCUT2D eigenvalue weighted by atomic mass is 32.1. The van der Waals surface area contributed by atoms with Crippen LogP contribution in [0.4, 0.5) is 0 Å². The molecule has 1 saturated carbocycles. The Labute approximate surface area is 139 Å². The summed E-state index contributed by atoms with van der Waals surface area (Å²) < 4.78 is 2.03. The Balaban J connectivity index is 2.01. The average molecular weight is 332 g/mol. The molecule has 2 heterocycles. The minimum Gasteiger partial charge on any atom is -0.253 e. The topological polar surface area (TPSA) is 29.6 Å². The van der Waals surface area contributed by atoms with E-state index in [9.17, 15) is 0 Å². The third kappa shape index (κ3) is 3.47. The molecule has 0 spiro atoms. The molecule has 1 fully saturated rings. The van der Waals surface area contributed by atoms with Gasteiger partial charge in [-0.3, -0.25) is 4.99 Å². The maximum Gasteiger partial charge on any atom is 0.206 e. The molecule has 0 amide bonds. The van der Waals surface area contributed by atoms with E-state index in [0.29, 0.717) is 6.54 Å². The highest BCUT2D eigenvalue weighted by Gasteiger charge is 2.15. The Morgan fingerprint density at radius 1 is 1.36 bits per heavy atom. The van der Waals surface area contributed by atoms with E-state index < -0.39 is 0 Å². The van der Waals surface area contributed by atoms with Gasteiger partial charge in [-0.25, -0.2) is 4.68 Å². The lowest BCUT2D eigenvalue weighted by Crippen LogP contribution is -2.18. The molecular weight excluding hydrogens is 310 g/mol. The van der Waals surface area contributed by atoms with Gasteiger partial charge in [-0.05, 0) is 43.0 Å². The van der Waals surface area contributed by atoms with Gasteiger partial charge in [0, 0.05) is 11.1 Å². The predicted molar refractivity (Wildman–Crippen MR) is 96.7 cm³/mol. The van der Waals surface area contributed by atoms with Crippen LogP contribution in [0.1, 0.15) is 32.6 Å². The van der Waals surface area contributed by atoms with Gasteiger partial charge >= 0.3 is 0 Å². The number of thiophene rings is 1. The Morgan fingerprint density at radius 3 is 2.86 bits per heavy atom. The number of rotatable bonds is 4. The van der Waals surface area contributed by atoms with Gasteiger partial charge in [0.2, 0.25) is 4.80 Å². The first-order chi connectivity index (χ1) is 10.8. The fourth-order valence-electron chi connectivity index (χ4n) is 2.58. The lowest BCUT2D eigenvalue weighted by atomic mass is 9.90. The molecule has 0 saturated heterocycles. The molecule has 0 N–H and O–H groups in total. The largest absolute Gasteiger partial charge is 0.253 e. The molecule has 0 unspecified atom stereocenters. The van der Waals surface area contributed by atoms with Crippen LogP contribution < -0.4 is 4.80 Å². The van der Waals surface area contributed by atoms with Gasteiger partial charge in [0.15, 0.2) is 0 Å². The van der Waals surface area contributed by atoms with Gasteiger partial charge < -0.3 is 0 Å². The first-order valence-electron chi connectivity index (χ1n) is 7.70. The molecule has 22 heavy (non-hydrogen) atoms. The number of nitrogens with zero attached hydrogens (tertiary/aromatic N) is 3. The third-order valence-corrected chi connectivity index (χ3v) is 5.65. The molecule has 1 aliphatic rings. The summed E-state index contributed by atoms with van der Waals surface area (Å²) in [5.74, 6) is 0.827. The summed E-state index contributed by atoms with van der Waals surface area (Å²) in [5.41, 5.74) is 2.45. The molecule has 116 valence electrons. The third-order valence-electron chi connectivity index (χ3n) is 3.91. The first kappa shape index (κ1) is 15.4. The number of hydrogen-bond donors (Lipinski definition) is 0. The summed E-state index contributed by atoms with van der Waals surface area (Å²) in [6.07, 6.45) is 6.53. The molecule has 2 aromatic heterocycles. The summed E-state index contributed by atoms with van der Waals surface area (Å²) in [5, 5.41) is 9.20. The Hall–Kier alpha value is -1.46. The van der Waals surface area contributed by atoms with E-state index in [1.54, 1.807) is 22.7 Å². The normalized spacial score (nSPS) is 19.4. The highest BCUT2D eigenvalue weighted by molar-refractivity contribution is 7.14. The molecule has 2 aromatic rings. The molecule has 0 aromatic carbocycles. The fraction of sp³-hybridized carbons (Fsp3) is 0.412. The molecule has 3 nitrogen and oxygen atoms in total. The Morgan fingerprint density at radius 2 is 2.18 bits per heavy atom. The van der Waals surface area contributed by atoms with Gasteiger partial charge in [0.1, 0.15) is 0 Å². The van der Waals surface area contributed by atoms with E-state index in [1.807, 2.05) is 10.8 Å². The molecule has 5 heteroatoms. The molecule has 0 bridgehead atoms. The summed E-state index contributed by atoms with van der Waals surface area (Å²) in [4.78, 5) is 6.79. The van der Waals surface area contributed by atoms with Crippen molar-refractivity contribution in [1.29, 1.82) is 0 Å². The van der Waals surface area contributed by atoms with Gasteiger partial charge in [0.05, 0.1) is 17.1 Å². The Bertz CT molecular complexity index is 709. The van der Waals surface area contributed by atoms with E-state index >= 15 is 0 Å². The van der Waals surface area contributed by atoms with Crippen molar-refractivity contribution in [1.82, 2.24) is 4.68 Å². The quantitative estimate of drug-likeness (QED) is 0.722. The second kappa shape index (κ2) is 7.20. The standard InChI is InChI=1S/C17H21N3S2/c1-3-10-18-17-20(19-14-8-6-13(2)7-9-14)15(12-22-17)16-5-4-11-21-16/h3-5,11-13H,1,6-10H2,2H3. The van der Waals surface area contributed by atoms with Crippen molar-refractivity contribution in [2.45, 2.75) is 32.6 Å². The lowest BCUT2D eigenvalue weighted by molar-refractivity contribution is 0.481. The molecule has 0 atom stereocenters. The van der Waals surface area contributed by atoms with Crippen LogP contribution in [0, 0.1) is 5.92 Å². The average Bonchev–Trinajstić information content (AvgIpc) is 3.17. The fourth-order valence-corrected chi connectivity index (χ4v) is 4.21. The van der Waals surface area contributed by atoms with E-state index in [0.717, 1.165) is 29.3 Å². The minimum absolute atomic E-state index is 0.631. The minimum atomic E-state index is 0.631. The monoisotopic (exact) mass is 331 g/mol. The van der Waals surface area contributed by atoms with E-state index in [2.05, 4.69) is 41.4 Å². The summed E-state index contributed by atoms with van der Waals surface area (Å²) in [6, 6.07) is 4.22. The van der Waals surface area contributed by atoms with E-state index in [-0.39, 0.29) is 0 Å². The second-order valence-electron chi connectivity index (χ2n) is 5.67. The van der Waals surface area contributed by atoms with Gasteiger partial charge in [-0.2, -0.15) is 5.10 Å². The smallest absolute Gasteiger partial charge is 0.206 e. The maximum atomic E-state index is 4.94. The number of aromatic nitrogens is 1. The van der Waals surface area contributed by atoms with Crippen molar-refractivity contribution in [3.63, 3.8) is 0 Å². The van der Waals surface area contributed by atoms with Gasteiger partial charge in [0.25, 0.3) is 0 Å². The maximum absolute atomic E-state index is 4.94. The van der Waals surface area contributed by atoms with Crippen LogP contribution in [-0.4, -0.2) is 16.9 Å². The van der Waals surface area contributed by atoms with Crippen LogP contribution in [0.2, 0.25) is 0 Å². The van der Waals surface area contributed by atoms with Gasteiger partial charge in [-0.15, -0.1) is 29.3 Å². The molecule has 0 radical (unpaired) electrons.